The van der Waals surface area contributed by atoms with Crippen LogP contribution in [0.3, 0.4) is 0 Å². The average molecular weight is 447 g/mol. The molecule has 12 heteroatoms. The van der Waals surface area contributed by atoms with Crippen LogP contribution in [0.15, 0.2) is 56.0 Å². The summed E-state index contributed by atoms with van der Waals surface area (Å²) in [5.74, 6) is 1.88. The number of furan rings is 1. The third-order valence-electron chi connectivity index (χ3n) is 5.25. The summed E-state index contributed by atoms with van der Waals surface area (Å²) in [7, 11) is 0. The van der Waals surface area contributed by atoms with Crippen LogP contribution in [-0.2, 0) is 6.54 Å². The summed E-state index contributed by atoms with van der Waals surface area (Å²) in [5, 5.41) is 24.4. The molecule has 0 unspecified atom stereocenters. The number of rotatable bonds is 6. The second-order valence-electron chi connectivity index (χ2n) is 7.34. The fourth-order valence-electron chi connectivity index (χ4n) is 3.60. The zero-order chi connectivity index (χ0) is 22.8. The van der Waals surface area contributed by atoms with Gasteiger partial charge in [-0.15, -0.1) is 0 Å². The highest BCUT2D eigenvalue weighted by molar-refractivity contribution is 5.58. The number of aromatic nitrogens is 3. The van der Waals surface area contributed by atoms with Gasteiger partial charge >= 0.3 is 0 Å². The molecule has 0 radical (unpaired) electrons. The zero-order valence-corrected chi connectivity index (χ0v) is 17.2. The summed E-state index contributed by atoms with van der Waals surface area (Å²) in [6.07, 6.45) is 1.52. The van der Waals surface area contributed by atoms with Gasteiger partial charge in [-0.05, 0) is 12.1 Å². The number of non-ortho nitro benzene ring substituents is 1. The molecular weight excluding hydrogens is 430 g/mol. The van der Waals surface area contributed by atoms with Crippen LogP contribution < -0.4 is 4.90 Å². The third-order valence-corrected chi connectivity index (χ3v) is 5.25. The van der Waals surface area contributed by atoms with Crippen LogP contribution in [0.25, 0.3) is 23.0 Å². The van der Waals surface area contributed by atoms with E-state index in [0.717, 1.165) is 0 Å². The summed E-state index contributed by atoms with van der Waals surface area (Å²) in [5.41, 5.74) is 0.702. The molecule has 0 bridgehead atoms. The Hall–Kier alpha value is -4.50. The van der Waals surface area contributed by atoms with E-state index in [2.05, 4.69) is 26.1 Å². The van der Waals surface area contributed by atoms with Crippen LogP contribution in [0.5, 0.6) is 0 Å². The monoisotopic (exact) mass is 447 g/mol. The molecule has 0 spiro atoms. The number of nitrogens with zero attached hydrogens (tertiary/aromatic N) is 7. The maximum atomic E-state index is 11.0. The SMILES string of the molecule is N#Cc1nc(-c2ccco2)oc1N1CCN(Cc2nc(-c3cccc([N+](=O)[O-])c3)no2)CC1. The van der Waals surface area contributed by atoms with Crippen molar-refractivity contribution < 1.29 is 18.3 Å². The Kier molecular flexibility index (Phi) is 5.29. The number of hydrogen-bond acceptors (Lipinski definition) is 11. The van der Waals surface area contributed by atoms with E-state index in [1.54, 1.807) is 24.3 Å². The average Bonchev–Trinajstić information content (AvgIpc) is 3.60. The van der Waals surface area contributed by atoms with Crippen molar-refractivity contribution in [1.82, 2.24) is 20.0 Å². The molecule has 0 amide bonds. The van der Waals surface area contributed by atoms with Crippen molar-refractivity contribution in [3.05, 3.63) is 64.4 Å². The Labute approximate surface area is 186 Å². The fraction of sp³-hybridized carbons (Fsp3) is 0.238. The molecular formula is C21H17N7O5. The Bertz CT molecular complexity index is 1310. The summed E-state index contributed by atoms with van der Waals surface area (Å²) in [4.78, 5) is 23.2. The van der Waals surface area contributed by atoms with Crippen molar-refractivity contribution in [2.75, 3.05) is 31.1 Å². The van der Waals surface area contributed by atoms with E-state index in [9.17, 15) is 15.4 Å². The number of nitro groups is 1. The van der Waals surface area contributed by atoms with Crippen molar-refractivity contribution in [2.45, 2.75) is 6.54 Å². The predicted molar refractivity (Wildman–Crippen MR) is 113 cm³/mol. The fourth-order valence-corrected chi connectivity index (χ4v) is 3.60. The Balaban J connectivity index is 1.23. The Morgan fingerprint density at radius 3 is 2.73 bits per heavy atom. The minimum Gasteiger partial charge on any atom is -0.459 e. The molecule has 1 aliphatic heterocycles. The number of benzene rings is 1. The molecule has 0 saturated carbocycles. The van der Waals surface area contributed by atoms with Gasteiger partial charge in [0.15, 0.2) is 5.76 Å². The van der Waals surface area contributed by atoms with E-state index in [4.69, 9.17) is 13.4 Å². The molecule has 1 aliphatic rings. The molecule has 0 atom stereocenters. The summed E-state index contributed by atoms with van der Waals surface area (Å²) in [6.45, 7) is 3.03. The standard InChI is InChI=1S/C21H17N7O5/c22-12-16-21(32-20(23-16)17-5-2-10-31-17)27-8-6-26(7-9-27)13-18-24-19(25-33-18)14-3-1-4-15(11-14)28(29)30/h1-5,10-11H,6-9,13H2. The van der Waals surface area contributed by atoms with Crippen LogP contribution in [0.4, 0.5) is 11.6 Å². The van der Waals surface area contributed by atoms with Crippen LogP contribution in [-0.4, -0.2) is 51.1 Å². The van der Waals surface area contributed by atoms with Crippen molar-refractivity contribution in [2.24, 2.45) is 0 Å². The van der Waals surface area contributed by atoms with Crippen LogP contribution >= 0.6 is 0 Å². The van der Waals surface area contributed by atoms with Gasteiger partial charge in [0.2, 0.25) is 23.3 Å². The lowest BCUT2D eigenvalue weighted by Crippen LogP contribution is -2.46. The molecule has 1 fully saturated rings. The van der Waals surface area contributed by atoms with Gasteiger partial charge in [0.1, 0.15) is 6.07 Å². The summed E-state index contributed by atoms with van der Waals surface area (Å²) < 4.78 is 16.5. The number of piperazine rings is 1. The number of hydrogen-bond donors (Lipinski definition) is 0. The van der Waals surface area contributed by atoms with Gasteiger partial charge in [-0.1, -0.05) is 17.3 Å². The lowest BCUT2D eigenvalue weighted by atomic mass is 10.2. The quantitative estimate of drug-likeness (QED) is 0.316. The van der Waals surface area contributed by atoms with Crippen molar-refractivity contribution in [1.29, 1.82) is 5.26 Å². The normalized spacial score (nSPS) is 14.3. The van der Waals surface area contributed by atoms with E-state index in [1.165, 1.54) is 18.4 Å². The van der Waals surface area contributed by atoms with Crippen LogP contribution in [0.2, 0.25) is 0 Å². The second-order valence-corrected chi connectivity index (χ2v) is 7.34. The van der Waals surface area contributed by atoms with Crippen LogP contribution in [0, 0.1) is 21.4 Å². The van der Waals surface area contributed by atoms with Gasteiger partial charge in [-0.3, -0.25) is 15.0 Å². The van der Waals surface area contributed by atoms with Crippen molar-refractivity contribution in [3.8, 4) is 29.1 Å². The van der Waals surface area contributed by atoms with E-state index >= 15 is 0 Å². The highest BCUT2D eigenvalue weighted by atomic mass is 16.6. The molecule has 4 heterocycles. The van der Waals surface area contributed by atoms with Gasteiger partial charge in [0, 0.05) is 43.9 Å². The van der Waals surface area contributed by atoms with E-state index in [0.29, 0.717) is 61.6 Å². The molecule has 166 valence electrons. The van der Waals surface area contributed by atoms with Gasteiger partial charge in [0.05, 0.1) is 17.7 Å². The second kappa shape index (κ2) is 8.56. The van der Waals surface area contributed by atoms with Crippen molar-refractivity contribution >= 4 is 11.6 Å². The Morgan fingerprint density at radius 2 is 2.00 bits per heavy atom. The number of oxazole rings is 1. The molecule has 0 aliphatic carbocycles. The van der Waals surface area contributed by atoms with Crippen LogP contribution in [0.1, 0.15) is 11.6 Å². The number of nitro benzene ring substituents is 1. The lowest BCUT2D eigenvalue weighted by molar-refractivity contribution is -0.384. The first-order chi connectivity index (χ1) is 16.1. The summed E-state index contributed by atoms with van der Waals surface area (Å²) in [6, 6.07) is 11.6. The third kappa shape index (κ3) is 4.17. The summed E-state index contributed by atoms with van der Waals surface area (Å²) >= 11 is 0. The smallest absolute Gasteiger partial charge is 0.270 e. The molecule has 12 nitrogen and oxygen atoms in total. The highest BCUT2D eigenvalue weighted by Gasteiger charge is 2.26. The van der Waals surface area contributed by atoms with E-state index in [1.807, 2.05) is 4.90 Å². The predicted octanol–water partition coefficient (Wildman–Crippen LogP) is 3.09. The number of anilines is 1. The van der Waals surface area contributed by atoms with Gasteiger partial charge < -0.3 is 18.3 Å². The van der Waals surface area contributed by atoms with Crippen molar-refractivity contribution in [3.63, 3.8) is 0 Å². The highest BCUT2D eigenvalue weighted by Crippen LogP contribution is 2.29. The first-order valence-corrected chi connectivity index (χ1v) is 10.1. The maximum absolute atomic E-state index is 11.0. The first-order valence-electron chi connectivity index (χ1n) is 10.1. The number of nitriles is 1. The minimum absolute atomic E-state index is 0.0330. The van der Waals surface area contributed by atoms with Gasteiger partial charge in [0.25, 0.3) is 11.6 Å². The topological polar surface area (TPSA) is 152 Å². The zero-order valence-electron chi connectivity index (χ0n) is 17.2. The van der Waals surface area contributed by atoms with E-state index < -0.39 is 4.92 Å². The first kappa shape index (κ1) is 20.4. The van der Waals surface area contributed by atoms with E-state index in [-0.39, 0.29) is 17.3 Å². The minimum atomic E-state index is -0.464. The molecule has 3 aromatic heterocycles. The maximum Gasteiger partial charge on any atom is 0.270 e. The molecule has 0 N–H and O–H groups in total. The molecule has 33 heavy (non-hydrogen) atoms. The molecule has 4 aromatic rings. The Morgan fingerprint density at radius 1 is 1.15 bits per heavy atom. The molecule has 1 saturated heterocycles. The molecule has 1 aromatic carbocycles. The van der Waals surface area contributed by atoms with Gasteiger partial charge in [-0.25, -0.2) is 0 Å². The largest absolute Gasteiger partial charge is 0.459 e. The molecule has 5 rings (SSSR count). The lowest BCUT2D eigenvalue weighted by Gasteiger charge is -2.33. The van der Waals surface area contributed by atoms with Gasteiger partial charge in [-0.2, -0.15) is 15.2 Å².